The lowest BCUT2D eigenvalue weighted by atomic mass is 10.2. The minimum Gasteiger partial charge on any atom is -0.462 e. The fraction of sp³-hybridized carbons (Fsp3) is 0.273. The summed E-state index contributed by atoms with van der Waals surface area (Å²) < 4.78 is 6.21. The predicted octanol–water partition coefficient (Wildman–Crippen LogP) is 0.331. The molecule has 0 aliphatic rings. The van der Waals surface area contributed by atoms with Gasteiger partial charge in [0.1, 0.15) is 11.3 Å². The molecule has 7 heteroatoms. The fourth-order valence-electron chi connectivity index (χ4n) is 1.42. The molecule has 2 rings (SSSR count). The van der Waals surface area contributed by atoms with E-state index in [1.165, 1.54) is 10.9 Å². The molecule has 7 nitrogen and oxygen atoms in total. The van der Waals surface area contributed by atoms with E-state index in [4.69, 9.17) is 4.74 Å². The third-order valence-electron chi connectivity index (χ3n) is 2.19. The summed E-state index contributed by atoms with van der Waals surface area (Å²) in [5, 5.41) is 13.2. The Bertz CT molecular complexity index is 538. The maximum Gasteiger partial charge on any atom is 0.341 e. The Kier molecular flexibility index (Phi) is 3.63. The predicted molar refractivity (Wildman–Crippen MR) is 61.0 cm³/mol. The van der Waals surface area contributed by atoms with Crippen LogP contribution in [-0.2, 0) is 11.3 Å². The number of aromatic nitrogens is 4. The molecule has 0 fully saturated rings. The quantitative estimate of drug-likeness (QED) is 0.784. The van der Waals surface area contributed by atoms with Crippen molar-refractivity contribution in [2.45, 2.75) is 13.5 Å². The summed E-state index contributed by atoms with van der Waals surface area (Å²) in [5.74, 6) is -0.202. The number of hydrogen-bond donors (Lipinski definition) is 1. The topological polar surface area (TPSA) is 90.1 Å². The van der Waals surface area contributed by atoms with Gasteiger partial charge >= 0.3 is 5.97 Å². The lowest BCUT2D eigenvalue weighted by Gasteiger charge is -1.98. The summed E-state index contributed by atoms with van der Waals surface area (Å²) in [5.41, 5.74) is 0.452. The molecule has 1 N–H and O–H groups in total. The van der Waals surface area contributed by atoms with Crippen molar-refractivity contribution in [3.05, 3.63) is 35.9 Å². The van der Waals surface area contributed by atoms with Gasteiger partial charge in [-0.15, -0.1) is 0 Å². The van der Waals surface area contributed by atoms with E-state index >= 15 is 0 Å². The highest BCUT2D eigenvalue weighted by Gasteiger charge is 2.18. The summed E-state index contributed by atoms with van der Waals surface area (Å²) in [6.07, 6.45) is 4.57. The molecule has 2 aromatic heterocycles. The summed E-state index contributed by atoms with van der Waals surface area (Å²) in [6.45, 7) is 1.62. The van der Waals surface area contributed by atoms with Gasteiger partial charge in [0.25, 0.3) is 0 Å². The van der Waals surface area contributed by atoms with Crippen molar-refractivity contribution >= 4 is 5.97 Å². The third kappa shape index (κ3) is 2.35. The number of carbonyl (C=O) groups is 1. The van der Waals surface area contributed by atoms with Crippen LogP contribution in [-0.4, -0.2) is 37.4 Å². The van der Waals surface area contributed by atoms with E-state index in [0.29, 0.717) is 5.95 Å². The highest BCUT2D eigenvalue weighted by atomic mass is 16.5. The van der Waals surface area contributed by atoms with Crippen LogP contribution in [0.2, 0.25) is 0 Å². The van der Waals surface area contributed by atoms with Crippen LogP contribution in [0.25, 0.3) is 5.95 Å². The van der Waals surface area contributed by atoms with Crippen molar-refractivity contribution in [1.82, 2.24) is 19.7 Å². The van der Waals surface area contributed by atoms with Crippen LogP contribution in [0.3, 0.4) is 0 Å². The van der Waals surface area contributed by atoms with Crippen LogP contribution < -0.4 is 0 Å². The molecule has 0 saturated heterocycles. The SMILES string of the molecule is CCOC(=O)c1cn(-c2ncccn2)nc1CO. The molecule has 2 heterocycles. The van der Waals surface area contributed by atoms with Crippen molar-refractivity contribution in [3.8, 4) is 5.95 Å². The number of rotatable bonds is 4. The molecule has 2 aromatic rings. The maximum atomic E-state index is 11.6. The zero-order valence-corrected chi connectivity index (χ0v) is 9.78. The summed E-state index contributed by atoms with van der Waals surface area (Å²) in [4.78, 5) is 19.6. The number of carbonyl (C=O) groups excluding carboxylic acids is 1. The van der Waals surface area contributed by atoms with Gasteiger partial charge in [-0.3, -0.25) is 0 Å². The van der Waals surface area contributed by atoms with E-state index < -0.39 is 5.97 Å². The van der Waals surface area contributed by atoms with Crippen LogP contribution in [0, 0.1) is 0 Å². The number of aliphatic hydroxyl groups is 1. The zero-order chi connectivity index (χ0) is 13.0. The van der Waals surface area contributed by atoms with E-state index in [0.717, 1.165) is 0 Å². The highest BCUT2D eigenvalue weighted by Crippen LogP contribution is 2.11. The first-order valence-electron chi connectivity index (χ1n) is 5.40. The first-order chi connectivity index (χ1) is 8.76. The van der Waals surface area contributed by atoms with Gasteiger partial charge in [0.05, 0.1) is 13.2 Å². The number of hydrogen-bond acceptors (Lipinski definition) is 6. The Morgan fingerprint density at radius 2 is 2.17 bits per heavy atom. The van der Waals surface area contributed by atoms with Gasteiger partial charge in [0, 0.05) is 18.6 Å². The van der Waals surface area contributed by atoms with Crippen molar-refractivity contribution < 1.29 is 14.6 Å². The minimum atomic E-state index is -0.524. The van der Waals surface area contributed by atoms with Crippen LogP contribution in [0.4, 0.5) is 0 Å². The summed E-state index contributed by atoms with van der Waals surface area (Å²) in [6, 6.07) is 1.67. The smallest absolute Gasteiger partial charge is 0.341 e. The second-order valence-corrected chi connectivity index (χ2v) is 3.36. The highest BCUT2D eigenvalue weighted by molar-refractivity contribution is 5.90. The van der Waals surface area contributed by atoms with Crippen LogP contribution in [0.1, 0.15) is 23.0 Å². The number of aliphatic hydroxyl groups excluding tert-OH is 1. The van der Waals surface area contributed by atoms with Gasteiger partial charge in [0.2, 0.25) is 5.95 Å². The number of ether oxygens (including phenoxy) is 1. The molecule has 0 bridgehead atoms. The average Bonchev–Trinajstić information content (AvgIpc) is 2.84. The Balaban J connectivity index is 2.38. The summed E-state index contributed by atoms with van der Waals surface area (Å²) in [7, 11) is 0. The molecule has 0 aliphatic carbocycles. The van der Waals surface area contributed by atoms with Crippen molar-refractivity contribution in [2.24, 2.45) is 0 Å². The van der Waals surface area contributed by atoms with E-state index in [1.54, 1.807) is 25.4 Å². The number of esters is 1. The molecule has 0 aliphatic heterocycles. The monoisotopic (exact) mass is 248 g/mol. The Hall–Kier alpha value is -2.28. The average molecular weight is 248 g/mol. The minimum absolute atomic E-state index is 0.215. The van der Waals surface area contributed by atoms with Crippen molar-refractivity contribution in [3.63, 3.8) is 0 Å². The van der Waals surface area contributed by atoms with Gasteiger partial charge in [-0.05, 0) is 13.0 Å². The standard InChI is InChI=1S/C11H12N4O3/c1-2-18-10(17)8-6-15(14-9(8)7-16)11-12-4-3-5-13-11/h3-6,16H,2,7H2,1H3. The van der Waals surface area contributed by atoms with Crippen LogP contribution in [0.15, 0.2) is 24.7 Å². The van der Waals surface area contributed by atoms with Gasteiger partial charge in [-0.25, -0.2) is 19.4 Å². The molecule has 94 valence electrons. The van der Waals surface area contributed by atoms with Crippen LogP contribution in [0.5, 0.6) is 0 Å². The van der Waals surface area contributed by atoms with E-state index in [-0.39, 0.29) is 24.5 Å². The Labute approximate surface area is 103 Å². The lowest BCUT2D eigenvalue weighted by molar-refractivity contribution is 0.0523. The molecule has 0 atom stereocenters. The van der Waals surface area contributed by atoms with Gasteiger partial charge in [0.15, 0.2) is 0 Å². The first-order valence-corrected chi connectivity index (χ1v) is 5.40. The van der Waals surface area contributed by atoms with E-state index in [9.17, 15) is 9.90 Å². The lowest BCUT2D eigenvalue weighted by Crippen LogP contribution is -2.06. The van der Waals surface area contributed by atoms with Gasteiger partial charge in [-0.1, -0.05) is 0 Å². The fourth-order valence-corrected chi connectivity index (χ4v) is 1.42. The molecule has 0 radical (unpaired) electrons. The van der Waals surface area contributed by atoms with Crippen molar-refractivity contribution in [1.29, 1.82) is 0 Å². The van der Waals surface area contributed by atoms with Gasteiger partial charge in [-0.2, -0.15) is 5.10 Å². The van der Waals surface area contributed by atoms with E-state index in [2.05, 4.69) is 15.1 Å². The Morgan fingerprint density at radius 1 is 1.44 bits per heavy atom. The molecule has 0 saturated carbocycles. The second-order valence-electron chi connectivity index (χ2n) is 3.36. The molecular weight excluding hydrogens is 236 g/mol. The molecule has 0 amide bonds. The molecule has 0 spiro atoms. The maximum absolute atomic E-state index is 11.6. The largest absolute Gasteiger partial charge is 0.462 e. The number of nitrogens with zero attached hydrogens (tertiary/aromatic N) is 4. The normalized spacial score (nSPS) is 10.3. The first kappa shape index (κ1) is 12.2. The second kappa shape index (κ2) is 5.37. The van der Waals surface area contributed by atoms with Crippen molar-refractivity contribution in [2.75, 3.05) is 6.61 Å². The van der Waals surface area contributed by atoms with E-state index in [1.807, 2.05) is 0 Å². The zero-order valence-electron chi connectivity index (χ0n) is 9.78. The van der Waals surface area contributed by atoms with Crippen LogP contribution >= 0.6 is 0 Å². The molecule has 0 unspecified atom stereocenters. The molecule has 0 aromatic carbocycles. The Morgan fingerprint density at radius 3 is 2.78 bits per heavy atom. The summed E-state index contributed by atoms with van der Waals surface area (Å²) >= 11 is 0. The molecule has 18 heavy (non-hydrogen) atoms. The third-order valence-corrected chi connectivity index (χ3v) is 2.19. The molecular formula is C11H12N4O3. The van der Waals surface area contributed by atoms with Gasteiger partial charge < -0.3 is 9.84 Å².